The summed E-state index contributed by atoms with van der Waals surface area (Å²) < 4.78 is 5.89. The Morgan fingerprint density at radius 1 is 1.22 bits per heavy atom. The number of rotatable bonds is 8. The fourth-order valence-corrected chi connectivity index (χ4v) is 2.23. The molecule has 2 atom stereocenters. The summed E-state index contributed by atoms with van der Waals surface area (Å²) in [7, 11) is 0. The molecule has 0 saturated carbocycles. The highest BCUT2D eigenvalue weighted by Gasteiger charge is 2.34. The monoisotopic (exact) mass is 252 g/mol. The van der Waals surface area contributed by atoms with Gasteiger partial charge in [0.15, 0.2) is 0 Å². The first-order chi connectivity index (χ1) is 8.66. The molecule has 2 heteroatoms. The molecule has 0 amide bonds. The molecule has 0 aromatic carbocycles. The van der Waals surface area contributed by atoms with Crippen LogP contribution >= 0.6 is 0 Å². The minimum atomic E-state index is -0.816. The molecular formula is C16H28O2. The van der Waals surface area contributed by atoms with Crippen LogP contribution in [0.5, 0.6) is 0 Å². The number of hydrogen-bond donors (Lipinski definition) is 1. The molecule has 0 saturated heterocycles. The van der Waals surface area contributed by atoms with E-state index in [0.29, 0.717) is 6.42 Å². The molecule has 0 fully saturated rings. The number of unbranched alkanes of at least 4 members (excludes halogenated alkanes) is 3. The molecule has 2 nitrogen and oxygen atoms in total. The summed E-state index contributed by atoms with van der Waals surface area (Å²) in [6.07, 6.45) is 12.3. The summed E-state index contributed by atoms with van der Waals surface area (Å²) in [5.41, 5.74) is 0.440. The van der Waals surface area contributed by atoms with E-state index in [-0.39, 0.29) is 6.10 Å². The van der Waals surface area contributed by atoms with E-state index in [4.69, 9.17) is 4.74 Å². The Hall–Kier alpha value is -0.600. The van der Waals surface area contributed by atoms with E-state index in [9.17, 15) is 5.11 Å². The summed E-state index contributed by atoms with van der Waals surface area (Å²) in [6, 6.07) is 0. The van der Waals surface area contributed by atoms with Crippen molar-refractivity contribution in [3.8, 4) is 0 Å². The molecule has 0 radical (unpaired) electrons. The first-order valence-electron chi connectivity index (χ1n) is 7.40. The average molecular weight is 252 g/mol. The third kappa shape index (κ3) is 4.25. The topological polar surface area (TPSA) is 29.5 Å². The zero-order valence-corrected chi connectivity index (χ0v) is 12.1. The predicted octanol–water partition coefficient (Wildman–Crippen LogP) is 4.00. The lowest BCUT2D eigenvalue weighted by atomic mass is 9.86. The molecule has 0 spiro atoms. The van der Waals surface area contributed by atoms with Gasteiger partial charge >= 0.3 is 0 Å². The first kappa shape index (κ1) is 15.5. The summed E-state index contributed by atoms with van der Waals surface area (Å²) in [6.45, 7) is 7.08. The van der Waals surface area contributed by atoms with Crippen molar-refractivity contribution in [2.75, 3.05) is 6.61 Å². The maximum absolute atomic E-state index is 10.5. The average Bonchev–Trinajstić information content (AvgIpc) is 2.40. The van der Waals surface area contributed by atoms with Crippen molar-refractivity contribution in [1.29, 1.82) is 0 Å². The van der Waals surface area contributed by atoms with Crippen LogP contribution < -0.4 is 0 Å². The Balaban J connectivity index is 2.48. The SMILES string of the molecule is CCCCCCOC1C=C(CC)C=CC1(O)CC. The van der Waals surface area contributed by atoms with Crippen LogP contribution in [0.25, 0.3) is 0 Å². The summed E-state index contributed by atoms with van der Waals surface area (Å²) in [5, 5.41) is 10.5. The Bertz CT molecular complexity index is 293. The Morgan fingerprint density at radius 2 is 2.00 bits per heavy atom. The molecule has 1 aliphatic rings. The zero-order valence-electron chi connectivity index (χ0n) is 12.1. The molecule has 0 heterocycles. The lowest BCUT2D eigenvalue weighted by Crippen LogP contribution is -2.42. The largest absolute Gasteiger partial charge is 0.383 e. The van der Waals surface area contributed by atoms with Gasteiger partial charge in [0.2, 0.25) is 0 Å². The van der Waals surface area contributed by atoms with Crippen LogP contribution in [-0.4, -0.2) is 23.4 Å². The van der Waals surface area contributed by atoms with Gasteiger partial charge in [-0.05, 0) is 37.0 Å². The normalized spacial score (nSPS) is 27.3. The molecule has 1 rings (SSSR count). The molecule has 0 aliphatic heterocycles. The number of allylic oxidation sites excluding steroid dienone is 2. The molecule has 18 heavy (non-hydrogen) atoms. The van der Waals surface area contributed by atoms with Gasteiger partial charge in [-0.1, -0.05) is 46.1 Å². The molecule has 1 aliphatic carbocycles. The van der Waals surface area contributed by atoms with Crippen molar-refractivity contribution in [1.82, 2.24) is 0 Å². The molecule has 0 aromatic rings. The highest BCUT2D eigenvalue weighted by Crippen LogP contribution is 2.28. The highest BCUT2D eigenvalue weighted by atomic mass is 16.5. The van der Waals surface area contributed by atoms with Crippen LogP contribution in [-0.2, 0) is 4.74 Å². The lowest BCUT2D eigenvalue weighted by Gasteiger charge is -2.34. The van der Waals surface area contributed by atoms with Gasteiger partial charge in [-0.15, -0.1) is 0 Å². The van der Waals surface area contributed by atoms with Gasteiger partial charge in [-0.25, -0.2) is 0 Å². The van der Waals surface area contributed by atoms with Crippen molar-refractivity contribution in [2.24, 2.45) is 0 Å². The van der Waals surface area contributed by atoms with Gasteiger partial charge in [0.1, 0.15) is 11.7 Å². The van der Waals surface area contributed by atoms with Crippen LogP contribution in [0.3, 0.4) is 0 Å². The molecule has 0 bridgehead atoms. The van der Waals surface area contributed by atoms with E-state index < -0.39 is 5.60 Å². The molecule has 104 valence electrons. The van der Waals surface area contributed by atoms with Crippen LogP contribution in [0.4, 0.5) is 0 Å². The maximum Gasteiger partial charge on any atom is 0.112 e. The number of ether oxygens (including phenoxy) is 1. The van der Waals surface area contributed by atoms with Crippen LogP contribution in [0.1, 0.15) is 59.3 Å². The lowest BCUT2D eigenvalue weighted by molar-refractivity contribution is -0.0608. The smallest absolute Gasteiger partial charge is 0.112 e. The van der Waals surface area contributed by atoms with Gasteiger partial charge in [0.25, 0.3) is 0 Å². The van der Waals surface area contributed by atoms with Crippen molar-refractivity contribution in [3.05, 3.63) is 23.8 Å². The van der Waals surface area contributed by atoms with Gasteiger partial charge in [-0.2, -0.15) is 0 Å². The van der Waals surface area contributed by atoms with Gasteiger partial charge in [0.05, 0.1) is 0 Å². The second-order valence-corrected chi connectivity index (χ2v) is 5.13. The van der Waals surface area contributed by atoms with E-state index in [1.807, 2.05) is 19.1 Å². The van der Waals surface area contributed by atoms with E-state index in [2.05, 4.69) is 19.9 Å². The Labute approximate surface area is 112 Å². The van der Waals surface area contributed by atoms with Crippen molar-refractivity contribution in [2.45, 2.75) is 71.0 Å². The highest BCUT2D eigenvalue weighted by molar-refractivity contribution is 5.31. The third-order valence-corrected chi connectivity index (χ3v) is 3.71. The van der Waals surface area contributed by atoms with Gasteiger partial charge in [0, 0.05) is 6.61 Å². The van der Waals surface area contributed by atoms with Crippen molar-refractivity contribution >= 4 is 0 Å². The fraction of sp³-hybridized carbons (Fsp3) is 0.750. The third-order valence-electron chi connectivity index (χ3n) is 3.71. The van der Waals surface area contributed by atoms with Crippen LogP contribution in [0, 0.1) is 0 Å². The molecule has 1 N–H and O–H groups in total. The van der Waals surface area contributed by atoms with Crippen LogP contribution in [0.2, 0.25) is 0 Å². The first-order valence-corrected chi connectivity index (χ1v) is 7.40. The van der Waals surface area contributed by atoms with Gasteiger partial charge < -0.3 is 9.84 Å². The predicted molar refractivity (Wildman–Crippen MR) is 76.6 cm³/mol. The minimum absolute atomic E-state index is 0.177. The van der Waals surface area contributed by atoms with E-state index in [1.165, 1.54) is 24.8 Å². The van der Waals surface area contributed by atoms with Gasteiger partial charge in [-0.3, -0.25) is 0 Å². The minimum Gasteiger partial charge on any atom is -0.383 e. The quantitative estimate of drug-likeness (QED) is 0.662. The fourth-order valence-electron chi connectivity index (χ4n) is 2.23. The number of aliphatic hydroxyl groups is 1. The Kier molecular flexibility index (Phi) is 6.66. The summed E-state index contributed by atoms with van der Waals surface area (Å²) in [4.78, 5) is 0. The van der Waals surface area contributed by atoms with E-state index in [0.717, 1.165) is 19.4 Å². The van der Waals surface area contributed by atoms with Crippen LogP contribution in [0.15, 0.2) is 23.8 Å². The van der Waals surface area contributed by atoms with E-state index >= 15 is 0 Å². The molecular weight excluding hydrogens is 224 g/mol. The zero-order chi connectivity index (χ0) is 13.4. The Morgan fingerprint density at radius 3 is 2.61 bits per heavy atom. The van der Waals surface area contributed by atoms with Crippen molar-refractivity contribution in [3.63, 3.8) is 0 Å². The summed E-state index contributed by atoms with van der Waals surface area (Å²) >= 11 is 0. The standard InChI is InChI=1S/C16H28O2/c1-4-7-8-9-12-18-15-13-14(5-2)10-11-16(15,17)6-3/h10-11,13,15,17H,4-9,12H2,1-3H3. The van der Waals surface area contributed by atoms with Crippen molar-refractivity contribution < 1.29 is 9.84 Å². The molecule has 0 aromatic heterocycles. The second-order valence-electron chi connectivity index (χ2n) is 5.13. The summed E-state index contributed by atoms with van der Waals surface area (Å²) in [5.74, 6) is 0. The second kappa shape index (κ2) is 7.75. The maximum atomic E-state index is 10.5. The number of hydrogen-bond acceptors (Lipinski definition) is 2. The van der Waals surface area contributed by atoms with E-state index in [1.54, 1.807) is 0 Å². The molecule has 2 unspecified atom stereocenters.